The minimum absolute atomic E-state index is 0.713. The summed E-state index contributed by atoms with van der Waals surface area (Å²) in [6.45, 7) is 0. The number of rotatable bonds is 7. The number of nitrogens with one attached hydrogen (secondary N) is 1. The summed E-state index contributed by atoms with van der Waals surface area (Å²) in [5.74, 6) is -4.65. The number of primary amides is 1. The van der Waals surface area contributed by atoms with Crippen LogP contribution in [0, 0.1) is 0 Å². The summed E-state index contributed by atoms with van der Waals surface area (Å²) in [6.07, 6.45) is -0.713. The second kappa shape index (κ2) is 6.15. The maximum Gasteiger partial charge on any atom is 0.322 e. The zero-order valence-electron chi connectivity index (χ0n) is 8.87. The van der Waals surface area contributed by atoms with Gasteiger partial charge in [-0.3, -0.25) is 14.4 Å². The molecule has 0 rings (SSSR count). The van der Waals surface area contributed by atoms with Gasteiger partial charge in [0.15, 0.2) is 5.75 Å². The van der Waals surface area contributed by atoms with E-state index >= 15 is 0 Å². The first-order valence-electron chi connectivity index (χ1n) is 4.26. The predicted molar refractivity (Wildman–Crippen MR) is 54.2 cm³/mol. The number of nitrogens with two attached hydrogens (primary N) is 1. The molecular formula is C7H12N2O7S. The Balaban J connectivity index is 4.70. The average molecular weight is 268 g/mol. The number of carboxylic acid groups (broad SMARTS) is 1. The standard InChI is InChI=1S/C7H12N2O7S/c1-16-6(11)3-17(14,15)9-4(7(12)13)2-5(8)10/h4,9H,2-3H2,1H3,(H2,8,10)(H,12,13)/t4-/m1/s1. The minimum atomic E-state index is -4.20. The molecule has 0 aliphatic carbocycles. The molecule has 4 N–H and O–H groups in total. The third kappa shape index (κ3) is 6.48. The van der Waals surface area contributed by atoms with Gasteiger partial charge >= 0.3 is 11.9 Å². The van der Waals surface area contributed by atoms with Crippen LogP contribution in [0.2, 0.25) is 0 Å². The van der Waals surface area contributed by atoms with Gasteiger partial charge < -0.3 is 15.6 Å². The molecule has 0 bridgehead atoms. The summed E-state index contributed by atoms with van der Waals surface area (Å²) in [5, 5.41) is 8.63. The van der Waals surface area contributed by atoms with Crippen LogP contribution in [0.4, 0.5) is 0 Å². The normalized spacial score (nSPS) is 12.8. The van der Waals surface area contributed by atoms with E-state index in [1.54, 1.807) is 4.72 Å². The van der Waals surface area contributed by atoms with E-state index in [1.165, 1.54) is 0 Å². The van der Waals surface area contributed by atoms with E-state index in [0.29, 0.717) is 0 Å². The summed E-state index contributed by atoms with van der Waals surface area (Å²) in [4.78, 5) is 31.8. The first-order valence-corrected chi connectivity index (χ1v) is 5.91. The SMILES string of the molecule is COC(=O)CS(=O)(=O)N[C@H](CC(N)=O)C(=O)O. The van der Waals surface area contributed by atoms with Crippen LogP contribution in [0.3, 0.4) is 0 Å². The monoisotopic (exact) mass is 268 g/mol. The molecule has 0 heterocycles. The van der Waals surface area contributed by atoms with Crippen LogP contribution in [0.5, 0.6) is 0 Å². The largest absolute Gasteiger partial charge is 0.480 e. The molecule has 10 heteroatoms. The number of carbonyl (C=O) groups excluding carboxylic acids is 2. The van der Waals surface area contributed by atoms with Crippen molar-refractivity contribution in [1.29, 1.82) is 0 Å². The van der Waals surface area contributed by atoms with Crippen molar-refractivity contribution < 1.29 is 32.6 Å². The molecule has 0 aromatic heterocycles. The second-order valence-corrected chi connectivity index (χ2v) is 4.77. The van der Waals surface area contributed by atoms with Gasteiger partial charge in [0, 0.05) is 0 Å². The summed E-state index contributed by atoms with van der Waals surface area (Å²) in [7, 11) is -3.21. The third-order valence-corrected chi connectivity index (χ3v) is 2.82. The van der Waals surface area contributed by atoms with Crippen molar-refractivity contribution in [2.75, 3.05) is 12.9 Å². The summed E-state index contributed by atoms with van der Waals surface area (Å²) in [6, 6.07) is -1.71. The van der Waals surface area contributed by atoms with Crippen molar-refractivity contribution in [3.63, 3.8) is 0 Å². The van der Waals surface area contributed by atoms with Gasteiger partial charge in [-0.15, -0.1) is 0 Å². The number of carbonyl (C=O) groups is 3. The van der Waals surface area contributed by atoms with Crippen molar-refractivity contribution in [2.45, 2.75) is 12.5 Å². The van der Waals surface area contributed by atoms with Crippen LogP contribution in [-0.4, -0.2) is 50.3 Å². The lowest BCUT2D eigenvalue weighted by atomic mass is 10.2. The Labute approximate surface area is 97.0 Å². The Bertz CT molecular complexity index is 416. The fourth-order valence-electron chi connectivity index (χ4n) is 0.853. The highest BCUT2D eigenvalue weighted by Crippen LogP contribution is 1.97. The van der Waals surface area contributed by atoms with E-state index in [-0.39, 0.29) is 0 Å². The van der Waals surface area contributed by atoms with Gasteiger partial charge in [-0.1, -0.05) is 0 Å². The number of hydrogen-bond donors (Lipinski definition) is 3. The van der Waals surface area contributed by atoms with Crippen molar-refractivity contribution in [3.05, 3.63) is 0 Å². The van der Waals surface area contributed by atoms with Crippen LogP contribution in [0.15, 0.2) is 0 Å². The van der Waals surface area contributed by atoms with Crippen molar-refractivity contribution in [3.8, 4) is 0 Å². The van der Waals surface area contributed by atoms with Crippen LogP contribution in [0.1, 0.15) is 6.42 Å². The predicted octanol–water partition coefficient (Wildman–Crippen LogP) is -2.59. The molecular weight excluding hydrogens is 256 g/mol. The summed E-state index contributed by atoms with van der Waals surface area (Å²) < 4.78 is 28.3. The van der Waals surface area contributed by atoms with E-state index < -0.39 is 46.1 Å². The van der Waals surface area contributed by atoms with E-state index in [4.69, 9.17) is 10.8 Å². The molecule has 1 amide bonds. The Hall–Kier alpha value is -1.68. The molecule has 0 aliphatic heterocycles. The molecule has 0 aliphatic rings. The molecule has 0 saturated carbocycles. The fourth-order valence-corrected chi connectivity index (χ4v) is 1.98. The molecule has 0 fully saturated rings. The van der Waals surface area contributed by atoms with E-state index in [2.05, 4.69) is 4.74 Å². The van der Waals surface area contributed by atoms with E-state index in [0.717, 1.165) is 7.11 Å². The topological polar surface area (TPSA) is 153 Å². The Kier molecular flexibility index (Phi) is 5.55. The van der Waals surface area contributed by atoms with Gasteiger partial charge in [0.05, 0.1) is 13.5 Å². The molecule has 1 atom stereocenters. The van der Waals surface area contributed by atoms with Crippen molar-refractivity contribution >= 4 is 27.9 Å². The second-order valence-electron chi connectivity index (χ2n) is 3.01. The van der Waals surface area contributed by atoms with Crippen LogP contribution < -0.4 is 10.5 Å². The molecule has 98 valence electrons. The first-order chi connectivity index (χ1) is 7.68. The molecule has 0 saturated heterocycles. The van der Waals surface area contributed by atoms with Gasteiger partial charge in [0.2, 0.25) is 15.9 Å². The fraction of sp³-hybridized carbons (Fsp3) is 0.571. The van der Waals surface area contributed by atoms with Gasteiger partial charge in [-0.05, 0) is 0 Å². The number of ether oxygens (including phenoxy) is 1. The molecule has 0 aromatic carbocycles. The lowest BCUT2D eigenvalue weighted by molar-refractivity contribution is -0.141. The van der Waals surface area contributed by atoms with Gasteiger partial charge in [-0.25, -0.2) is 8.42 Å². The maximum atomic E-state index is 11.3. The zero-order valence-corrected chi connectivity index (χ0v) is 9.69. The maximum absolute atomic E-state index is 11.3. The number of aliphatic carboxylic acids is 1. The summed E-state index contributed by atoms with van der Waals surface area (Å²) in [5.41, 5.74) is 4.75. The van der Waals surface area contributed by atoms with Crippen LogP contribution in [-0.2, 0) is 29.1 Å². The average Bonchev–Trinajstić information content (AvgIpc) is 2.14. The van der Waals surface area contributed by atoms with Crippen molar-refractivity contribution in [1.82, 2.24) is 4.72 Å². The number of sulfonamides is 1. The number of methoxy groups -OCH3 is 1. The minimum Gasteiger partial charge on any atom is -0.480 e. The Morgan fingerprint density at radius 1 is 1.41 bits per heavy atom. The van der Waals surface area contributed by atoms with Crippen molar-refractivity contribution in [2.24, 2.45) is 5.73 Å². The lowest BCUT2D eigenvalue weighted by Crippen LogP contribution is -2.45. The molecule has 17 heavy (non-hydrogen) atoms. The van der Waals surface area contributed by atoms with Crippen LogP contribution in [0.25, 0.3) is 0 Å². The number of carboxylic acids is 1. The molecule has 0 radical (unpaired) electrons. The Morgan fingerprint density at radius 3 is 2.29 bits per heavy atom. The number of hydrogen-bond acceptors (Lipinski definition) is 6. The number of amides is 1. The summed E-state index contributed by atoms with van der Waals surface area (Å²) >= 11 is 0. The highest BCUT2D eigenvalue weighted by Gasteiger charge is 2.27. The Morgan fingerprint density at radius 2 is 1.94 bits per heavy atom. The molecule has 9 nitrogen and oxygen atoms in total. The molecule has 0 spiro atoms. The quantitative estimate of drug-likeness (QED) is 0.428. The highest BCUT2D eigenvalue weighted by molar-refractivity contribution is 7.90. The van der Waals surface area contributed by atoms with E-state index in [9.17, 15) is 22.8 Å². The highest BCUT2D eigenvalue weighted by atomic mass is 32.2. The number of esters is 1. The smallest absolute Gasteiger partial charge is 0.322 e. The van der Waals surface area contributed by atoms with Gasteiger partial charge in [-0.2, -0.15) is 4.72 Å². The zero-order chi connectivity index (χ0) is 13.6. The third-order valence-electron chi connectivity index (χ3n) is 1.56. The van der Waals surface area contributed by atoms with E-state index in [1.807, 2.05) is 0 Å². The van der Waals surface area contributed by atoms with Crippen LogP contribution >= 0.6 is 0 Å². The first kappa shape index (κ1) is 15.3. The molecule has 0 aromatic rings. The lowest BCUT2D eigenvalue weighted by Gasteiger charge is -2.12. The van der Waals surface area contributed by atoms with Gasteiger partial charge in [0.25, 0.3) is 0 Å². The molecule has 0 unspecified atom stereocenters. The van der Waals surface area contributed by atoms with Gasteiger partial charge in [0.1, 0.15) is 6.04 Å².